The fourth-order valence-electron chi connectivity index (χ4n) is 2.79. The lowest BCUT2D eigenvalue weighted by Crippen LogP contribution is -2.51. The second-order valence-electron chi connectivity index (χ2n) is 7.55. The van der Waals surface area contributed by atoms with Crippen molar-refractivity contribution in [2.24, 2.45) is 0 Å². The monoisotopic (exact) mass is 413 g/mol. The Hall–Kier alpha value is -2.93. The van der Waals surface area contributed by atoms with Crippen LogP contribution in [0.4, 0.5) is 0 Å². The van der Waals surface area contributed by atoms with Crippen LogP contribution in [0.15, 0.2) is 60.5 Å². The maximum atomic E-state index is 13.1. The Bertz CT molecular complexity index is 842. The molecule has 0 bridgehead atoms. The molecule has 1 heterocycles. The Morgan fingerprint density at radius 3 is 2.38 bits per heavy atom. The first-order valence-corrected chi connectivity index (χ1v) is 10.2. The molecule has 2 rings (SSSR count). The van der Waals surface area contributed by atoms with Gasteiger partial charge in [-0.2, -0.15) is 0 Å². The predicted molar refractivity (Wildman–Crippen MR) is 116 cm³/mol. The molecule has 0 aliphatic carbocycles. The largest absolute Gasteiger partial charge is 0.349 e. The van der Waals surface area contributed by atoms with Gasteiger partial charge in [-0.15, -0.1) is 17.9 Å². The average Bonchev–Trinajstić information content (AvgIpc) is 3.20. The van der Waals surface area contributed by atoms with Crippen molar-refractivity contribution in [3.05, 3.63) is 70.9 Å². The molecule has 7 heteroatoms. The van der Waals surface area contributed by atoms with Crippen LogP contribution in [-0.2, 0) is 9.59 Å². The van der Waals surface area contributed by atoms with E-state index >= 15 is 0 Å². The number of nitrogens with one attached hydrogen (secondary N) is 2. The Kier molecular flexibility index (Phi) is 7.73. The predicted octanol–water partition coefficient (Wildman–Crippen LogP) is 3.15. The highest BCUT2D eigenvalue weighted by molar-refractivity contribution is 7.12. The summed E-state index contributed by atoms with van der Waals surface area (Å²) in [5.74, 6) is -0.974. The molecule has 0 radical (unpaired) electrons. The third-order valence-electron chi connectivity index (χ3n) is 3.96. The molecular formula is C22H27N3O3S. The lowest BCUT2D eigenvalue weighted by atomic mass is 10.0. The third-order valence-corrected chi connectivity index (χ3v) is 4.83. The van der Waals surface area contributed by atoms with Gasteiger partial charge in [0.2, 0.25) is 11.8 Å². The van der Waals surface area contributed by atoms with E-state index in [4.69, 9.17) is 0 Å². The van der Waals surface area contributed by atoms with Crippen molar-refractivity contribution in [1.82, 2.24) is 15.5 Å². The summed E-state index contributed by atoms with van der Waals surface area (Å²) in [6.07, 6.45) is 1.57. The van der Waals surface area contributed by atoms with Crippen molar-refractivity contribution >= 4 is 29.1 Å². The van der Waals surface area contributed by atoms with Gasteiger partial charge >= 0.3 is 0 Å². The van der Waals surface area contributed by atoms with E-state index in [1.807, 2.05) is 39.0 Å². The van der Waals surface area contributed by atoms with Gasteiger partial charge in [0.15, 0.2) is 0 Å². The van der Waals surface area contributed by atoms with Crippen LogP contribution < -0.4 is 10.6 Å². The lowest BCUT2D eigenvalue weighted by molar-refractivity contribution is -0.140. The second-order valence-corrected chi connectivity index (χ2v) is 8.49. The van der Waals surface area contributed by atoms with Gasteiger partial charge < -0.3 is 15.5 Å². The van der Waals surface area contributed by atoms with Crippen molar-refractivity contribution in [1.29, 1.82) is 0 Å². The van der Waals surface area contributed by atoms with Gasteiger partial charge in [-0.05, 0) is 37.8 Å². The minimum Gasteiger partial charge on any atom is -0.349 e. The highest BCUT2D eigenvalue weighted by atomic mass is 32.1. The van der Waals surface area contributed by atoms with Gasteiger partial charge in [-0.1, -0.05) is 42.5 Å². The van der Waals surface area contributed by atoms with E-state index in [1.54, 1.807) is 35.7 Å². The fraction of sp³-hybridized carbons (Fsp3) is 0.318. The van der Waals surface area contributed by atoms with Gasteiger partial charge in [-0.3, -0.25) is 14.4 Å². The van der Waals surface area contributed by atoms with Crippen LogP contribution in [-0.4, -0.2) is 41.2 Å². The first-order valence-electron chi connectivity index (χ1n) is 9.32. The van der Waals surface area contributed by atoms with Crippen LogP contribution in [0.2, 0.25) is 0 Å². The van der Waals surface area contributed by atoms with E-state index in [9.17, 15) is 14.4 Å². The summed E-state index contributed by atoms with van der Waals surface area (Å²) in [7, 11) is 0. The fourth-order valence-corrected chi connectivity index (χ4v) is 3.43. The van der Waals surface area contributed by atoms with Gasteiger partial charge in [0.1, 0.15) is 6.04 Å². The number of rotatable bonds is 8. The zero-order chi connectivity index (χ0) is 21.4. The summed E-state index contributed by atoms with van der Waals surface area (Å²) < 4.78 is 0. The molecule has 1 aromatic heterocycles. The summed E-state index contributed by atoms with van der Waals surface area (Å²) >= 11 is 1.30. The van der Waals surface area contributed by atoms with Crippen molar-refractivity contribution in [2.45, 2.75) is 32.4 Å². The normalized spacial score (nSPS) is 12.0. The summed E-state index contributed by atoms with van der Waals surface area (Å²) in [5, 5.41) is 7.37. The SMILES string of the molecule is C=CCN(C(=O)CNC(=O)c1cccs1)[C@H](C(=O)NC(C)(C)C)c1ccccc1. The zero-order valence-corrected chi connectivity index (χ0v) is 17.8. The smallest absolute Gasteiger partial charge is 0.261 e. The number of nitrogens with zero attached hydrogens (tertiary/aromatic N) is 1. The molecule has 29 heavy (non-hydrogen) atoms. The molecule has 1 aromatic carbocycles. The maximum Gasteiger partial charge on any atom is 0.261 e. The Labute approximate surface area is 175 Å². The van der Waals surface area contributed by atoms with Crippen LogP contribution >= 0.6 is 11.3 Å². The quantitative estimate of drug-likeness (QED) is 0.653. The van der Waals surface area contributed by atoms with E-state index in [1.165, 1.54) is 16.2 Å². The van der Waals surface area contributed by atoms with Crippen LogP contribution in [0.1, 0.15) is 42.0 Å². The van der Waals surface area contributed by atoms with Gasteiger partial charge in [0, 0.05) is 12.1 Å². The van der Waals surface area contributed by atoms with Crippen molar-refractivity contribution in [3.8, 4) is 0 Å². The Balaban J connectivity index is 2.25. The third kappa shape index (κ3) is 6.57. The summed E-state index contributed by atoms with van der Waals surface area (Å²) in [6.45, 7) is 9.33. The first kappa shape index (κ1) is 22.4. The maximum absolute atomic E-state index is 13.1. The molecule has 0 aliphatic rings. The molecule has 1 atom stereocenters. The Morgan fingerprint density at radius 2 is 1.83 bits per heavy atom. The Morgan fingerprint density at radius 1 is 1.14 bits per heavy atom. The molecule has 3 amide bonds. The number of amides is 3. The van der Waals surface area contributed by atoms with Crippen LogP contribution in [0.5, 0.6) is 0 Å². The number of hydrogen-bond acceptors (Lipinski definition) is 4. The molecule has 6 nitrogen and oxygen atoms in total. The summed E-state index contributed by atoms with van der Waals surface area (Å²) in [4.78, 5) is 40.2. The van der Waals surface area contributed by atoms with Gasteiger partial charge in [-0.25, -0.2) is 0 Å². The van der Waals surface area contributed by atoms with E-state index < -0.39 is 11.6 Å². The molecular weight excluding hydrogens is 386 g/mol. The lowest BCUT2D eigenvalue weighted by Gasteiger charge is -2.33. The molecule has 2 aromatic rings. The molecule has 0 spiro atoms. The number of thiophene rings is 1. The summed E-state index contributed by atoms with van der Waals surface area (Å²) in [5.41, 5.74) is 0.231. The number of carbonyl (C=O) groups excluding carboxylic acids is 3. The molecule has 2 N–H and O–H groups in total. The van der Waals surface area contributed by atoms with Gasteiger partial charge in [0.25, 0.3) is 5.91 Å². The highest BCUT2D eigenvalue weighted by Gasteiger charge is 2.32. The minimum atomic E-state index is -0.834. The van der Waals surface area contributed by atoms with E-state index in [0.29, 0.717) is 10.4 Å². The molecule has 0 saturated carbocycles. The molecule has 0 unspecified atom stereocenters. The standard InChI is InChI=1S/C22H27N3O3S/c1-5-13-25(18(26)15-23-20(27)17-12-9-14-29-17)19(16-10-7-6-8-11-16)21(28)24-22(2,3)4/h5-12,14,19H,1,13,15H2,2-4H3,(H,23,27)(H,24,28)/t19-/m0/s1. The van der Waals surface area contributed by atoms with E-state index in [-0.39, 0.29) is 30.8 Å². The molecule has 0 fully saturated rings. The van der Waals surface area contributed by atoms with E-state index in [2.05, 4.69) is 17.2 Å². The highest BCUT2D eigenvalue weighted by Crippen LogP contribution is 2.22. The number of carbonyl (C=O) groups is 3. The van der Waals surface area contributed by atoms with Crippen molar-refractivity contribution in [3.63, 3.8) is 0 Å². The van der Waals surface area contributed by atoms with Crippen LogP contribution in [0.3, 0.4) is 0 Å². The number of hydrogen-bond donors (Lipinski definition) is 2. The van der Waals surface area contributed by atoms with Crippen molar-refractivity contribution in [2.75, 3.05) is 13.1 Å². The molecule has 0 saturated heterocycles. The second kappa shape index (κ2) is 10.0. The topological polar surface area (TPSA) is 78.5 Å². The summed E-state index contributed by atoms with van der Waals surface area (Å²) in [6, 6.07) is 11.7. The van der Waals surface area contributed by atoms with Crippen LogP contribution in [0.25, 0.3) is 0 Å². The molecule has 0 aliphatic heterocycles. The minimum absolute atomic E-state index is 0.171. The van der Waals surface area contributed by atoms with Crippen LogP contribution in [0, 0.1) is 0 Å². The molecule has 154 valence electrons. The van der Waals surface area contributed by atoms with E-state index in [0.717, 1.165) is 0 Å². The van der Waals surface area contributed by atoms with Crippen molar-refractivity contribution < 1.29 is 14.4 Å². The number of benzene rings is 1. The average molecular weight is 414 g/mol. The zero-order valence-electron chi connectivity index (χ0n) is 17.0. The van der Waals surface area contributed by atoms with Gasteiger partial charge in [0.05, 0.1) is 11.4 Å². The first-order chi connectivity index (χ1) is 13.7.